The molecule has 100 valence electrons. The van der Waals surface area contributed by atoms with Crippen molar-refractivity contribution in [2.75, 3.05) is 0 Å². The van der Waals surface area contributed by atoms with E-state index in [1.54, 1.807) is 12.1 Å². The summed E-state index contributed by atoms with van der Waals surface area (Å²) in [6.45, 7) is 4.05. The molecule has 20 heavy (non-hydrogen) atoms. The molecule has 2 aromatic carbocycles. The zero-order valence-corrected chi connectivity index (χ0v) is 11.6. The van der Waals surface area contributed by atoms with Crippen molar-refractivity contribution in [3.05, 3.63) is 70.8 Å². The molecule has 2 aromatic rings. The normalized spacial score (nSPS) is 13.3. The number of fused-ring (bicyclic) bond motifs is 1. The van der Waals surface area contributed by atoms with Gasteiger partial charge in [0.25, 0.3) is 0 Å². The van der Waals surface area contributed by atoms with Crippen LogP contribution in [0.1, 0.15) is 23.6 Å². The quantitative estimate of drug-likeness (QED) is 0.607. The molecule has 0 fully saturated rings. The molecule has 1 aliphatic carbocycles. The van der Waals surface area contributed by atoms with Gasteiger partial charge in [-0.05, 0) is 42.7 Å². The number of carbonyl (C=O) groups is 1. The molecule has 0 saturated heterocycles. The molecule has 0 aliphatic heterocycles. The monoisotopic (exact) mass is 264 g/mol. The molecular formula is C18H16O2. The van der Waals surface area contributed by atoms with Gasteiger partial charge in [-0.1, -0.05) is 42.0 Å². The van der Waals surface area contributed by atoms with E-state index < -0.39 is 0 Å². The largest absolute Gasteiger partial charge is 0.423 e. The highest BCUT2D eigenvalue weighted by Gasteiger charge is 2.24. The Kier molecular flexibility index (Phi) is 3.15. The summed E-state index contributed by atoms with van der Waals surface area (Å²) in [5, 5.41) is 0. The number of hydrogen-bond acceptors (Lipinski definition) is 2. The lowest BCUT2D eigenvalue weighted by Gasteiger charge is -2.05. The molecule has 1 aliphatic rings. The molecule has 0 unspecified atom stereocenters. The van der Waals surface area contributed by atoms with E-state index in [-0.39, 0.29) is 5.97 Å². The van der Waals surface area contributed by atoms with Crippen LogP contribution in [-0.2, 0) is 11.2 Å². The first-order valence-electron chi connectivity index (χ1n) is 6.72. The lowest BCUT2D eigenvalue weighted by atomic mass is 10.0. The fourth-order valence-electron chi connectivity index (χ4n) is 2.60. The molecule has 2 nitrogen and oxygen atoms in total. The second kappa shape index (κ2) is 4.97. The standard InChI is InChI=1S/C18H16O2/c1-12-8-9-16-13(2)17(11-14(16)10-12)18(19)20-15-6-4-3-5-7-15/h3-10H,11H2,1-2H3. The Balaban J connectivity index is 1.86. The molecule has 0 bridgehead atoms. The minimum Gasteiger partial charge on any atom is -0.423 e. The van der Waals surface area contributed by atoms with Gasteiger partial charge in [0.05, 0.1) is 0 Å². The van der Waals surface area contributed by atoms with Gasteiger partial charge in [0.15, 0.2) is 0 Å². The van der Waals surface area contributed by atoms with E-state index in [4.69, 9.17) is 4.74 Å². The fraction of sp³-hybridized carbons (Fsp3) is 0.167. The Hall–Kier alpha value is -2.35. The van der Waals surface area contributed by atoms with Crippen molar-refractivity contribution in [1.29, 1.82) is 0 Å². The number of ether oxygens (including phenoxy) is 1. The van der Waals surface area contributed by atoms with E-state index >= 15 is 0 Å². The molecule has 0 atom stereocenters. The Morgan fingerprint density at radius 3 is 2.55 bits per heavy atom. The minimum atomic E-state index is -0.248. The SMILES string of the molecule is CC1=C(C(=O)Oc2ccccc2)Cc2cc(C)ccc21. The van der Waals surface area contributed by atoms with Crippen LogP contribution in [-0.4, -0.2) is 5.97 Å². The summed E-state index contributed by atoms with van der Waals surface area (Å²) in [5.74, 6) is 0.340. The fourth-order valence-corrected chi connectivity index (χ4v) is 2.60. The summed E-state index contributed by atoms with van der Waals surface area (Å²) in [5.41, 5.74) is 5.38. The third kappa shape index (κ3) is 2.25. The Labute approximate surface area is 118 Å². The maximum atomic E-state index is 12.3. The number of benzene rings is 2. The zero-order valence-electron chi connectivity index (χ0n) is 11.6. The van der Waals surface area contributed by atoms with E-state index in [1.165, 1.54) is 11.1 Å². The van der Waals surface area contributed by atoms with E-state index in [1.807, 2.05) is 25.1 Å². The van der Waals surface area contributed by atoms with Gasteiger partial charge in [0, 0.05) is 12.0 Å². The molecule has 0 amide bonds. The number of carbonyl (C=O) groups excluding carboxylic acids is 1. The van der Waals surface area contributed by atoms with Gasteiger partial charge in [-0.3, -0.25) is 0 Å². The summed E-state index contributed by atoms with van der Waals surface area (Å²) in [7, 11) is 0. The summed E-state index contributed by atoms with van der Waals surface area (Å²) >= 11 is 0. The van der Waals surface area contributed by atoms with Crippen LogP contribution in [0.15, 0.2) is 54.1 Å². The van der Waals surface area contributed by atoms with Crippen molar-refractivity contribution in [1.82, 2.24) is 0 Å². The molecule has 0 N–H and O–H groups in total. The Bertz CT molecular complexity index is 697. The number of aryl methyl sites for hydroxylation is 1. The van der Waals surface area contributed by atoms with Gasteiger partial charge in [-0.25, -0.2) is 4.79 Å². The van der Waals surface area contributed by atoms with Crippen molar-refractivity contribution in [3.8, 4) is 5.75 Å². The van der Waals surface area contributed by atoms with Gasteiger partial charge in [-0.15, -0.1) is 0 Å². The van der Waals surface area contributed by atoms with Crippen molar-refractivity contribution in [2.24, 2.45) is 0 Å². The van der Waals surface area contributed by atoms with Crippen LogP contribution in [0, 0.1) is 6.92 Å². The molecule has 0 radical (unpaired) electrons. The Morgan fingerprint density at radius 2 is 1.80 bits per heavy atom. The summed E-state index contributed by atoms with van der Waals surface area (Å²) < 4.78 is 5.43. The lowest BCUT2D eigenvalue weighted by molar-refractivity contribution is -0.130. The predicted molar refractivity (Wildman–Crippen MR) is 79.6 cm³/mol. The number of esters is 1. The highest BCUT2D eigenvalue weighted by Crippen LogP contribution is 2.33. The molecule has 0 heterocycles. The van der Waals surface area contributed by atoms with E-state index in [0.29, 0.717) is 12.2 Å². The maximum Gasteiger partial charge on any atom is 0.340 e. The third-order valence-electron chi connectivity index (χ3n) is 3.68. The van der Waals surface area contributed by atoms with Gasteiger partial charge in [0.2, 0.25) is 0 Å². The summed E-state index contributed by atoms with van der Waals surface area (Å²) in [6.07, 6.45) is 0.661. The van der Waals surface area contributed by atoms with Gasteiger partial charge >= 0.3 is 5.97 Å². The van der Waals surface area contributed by atoms with Crippen LogP contribution in [0.2, 0.25) is 0 Å². The average Bonchev–Trinajstić information content (AvgIpc) is 2.76. The maximum absolute atomic E-state index is 12.3. The van der Waals surface area contributed by atoms with Crippen molar-refractivity contribution >= 4 is 11.5 Å². The van der Waals surface area contributed by atoms with Gasteiger partial charge in [-0.2, -0.15) is 0 Å². The lowest BCUT2D eigenvalue weighted by Crippen LogP contribution is -2.11. The van der Waals surface area contributed by atoms with Crippen LogP contribution in [0.3, 0.4) is 0 Å². The van der Waals surface area contributed by atoms with Crippen LogP contribution in [0.5, 0.6) is 5.75 Å². The first-order chi connectivity index (χ1) is 9.65. The average molecular weight is 264 g/mol. The number of para-hydroxylation sites is 1. The van der Waals surface area contributed by atoms with E-state index in [2.05, 4.69) is 25.1 Å². The molecule has 2 heteroatoms. The first kappa shape index (κ1) is 12.7. The molecular weight excluding hydrogens is 248 g/mol. The second-order valence-electron chi connectivity index (χ2n) is 5.14. The van der Waals surface area contributed by atoms with Gasteiger partial charge in [0.1, 0.15) is 5.75 Å². The van der Waals surface area contributed by atoms with Crippen LogP contribution in [0.4, 0.5) is 0 Å². The Morgan fingerprint density at radius 1 is 1.05 bits per heavy atom. The van der Waals surface area contributed by atoms with Gasteiger partial charge < -0.3 is 4.74 Å². The highest BCUT2D eigenvalue weighted by molar-refractivity contribution is 6.01. The minimum absolute atomic E-state index is 0.248. The summed E-state index contributed by atoms with van der Waals surface area (Å²) in [6, 6.07) is 15.5. The summed E-state index contributed by atoms with van der Waals surface area (Å²) in [4.78, 5) is 12.3. The molecule has 0 saturated carbocycles. The van der Waals surface area contributed by atoms with E-state index in [0.717, 1.165) is 16.7 Å². The molecule has 0 spiro atoms. The van der Waals surface area contributed by atoms with Crippen molar-refractivity contribution in [3.63, 3.8) is 0 Å². The van der Waals surface area contributed by atoms with E-state index in [9.17, 15) is 4.79 Å². The third-order valence-corrected chi connectivity index (χ3v) is 3.68. The number of rotatable bonds is 2. The topological polar surface area (TPSA) is 26.3 Å². The van der Waals surface area contributed by atoms with Crippen LogP contribution in [0.25, 0.3) is 5.57 Å². The van der Waals surface area contributed by atoms with Crippen LogP contribution >= 0.6 is 0 Å². The first-order valence-corrected chi connectivity index (χ1v) is 6.72. The number of allylic oxidation sites excluding steroid dienone is 1. The van der Waals surface area contributed by atoms with Crippen LogP contribution < -0.4 is 4.74 Å². The highest BCUT2D eigenvalue weighted by atomic mass is 16.5. The molecule has 3 rings (SSSR count). The number of hydrogen-bond donors (Lipinski definition) is 0. The predicted octanol–water partition coefficient (Wildman–Crippen LogP) is 3.93. The smallest absolute Gasteiger partial charge is 0.340 e. The van der Waals surface area contributed by atoms with Crippen molar-refractivity contribution < 1.29 is 9.53 Å². The second-order valence-corrected chi connectivity index (χ2v) is 5.14. The molecule has 0 aromatic heterocycles. The van der Waals surface area contributed by atoms with Crippen molar-refractivity contribution in [2.45, 2.75) is 20.3 Å². The zero-order chi connectivity index (χ0) is 14.1.